The molecule has 3 nitrogen and oxygen atoms in total. The summed E-state index contributed by atoms with van der Waals surface area (Å²) in [5.41, 5.74) is 2.85. The predicted molar refractivity (Wildman–Crippen MR) is 31.2 cm³/mol. The van der Waals surface area contributed by atoms with Gasteiger partial charge < -0.3 is 5.01 Å². The van der Waals surface area contributed by atoms with Gasteiger partial charge in [-0.2, -0.15) is 0 Å². The minimum Gasteiger partial charge on any atom is -0.302 e. The molecule has 0 radical (unpaired) electrons. The van der Waals surface area contributed by atoms with Crippen LogP contribution in [0.1, 0.15) is 0 Å². The van der Waals surface area contributed by atoms with Crippen LogP contribution >= 0.6 is 0 Å². The molecule has 0 atom stereocenters. The monoisotopic (exact) mass is 101 g/mol. The maximum Gasteiger partial charge on any atom is 0.0986 e. The number of nitrogens with one attached hydrogen (secondary N) is 1. The van der Waals surface area contributed by atoms with Crippen molar-refractivity contribution in [2.75, 3.05) is 21.1 Å². The number of rotatable bonds is 2. The first-order valence-corrected chi connectivity index (χ1v) is 2.13. The smallest absolute Gasteiger partial charge is 0.0986 e. The highest BCUT2D eigenvalue weighted by molar-refractivity contribution is 5.53. The van der Waals surface area contributed by atoms with Crippen LogP contribution in [0.2, 0.25) is 0 Å². The molecule has 0 bridgehead atoms. The van der Waals surface area contributed by atoms with Gasteiger partial charge in [-0.05, 0) is 0 Å². The van der Waals surface area contributed by atoms with E-state index < -0.39 is 0 Å². The van der Waals surface area contributed by atoms with E-state index >= 15 is 0 Å². The number of aliphatic imine (C=N–C) groups is 1. The summed E-state index contributed by atoms with van der Waals surface area (Å²) in [7, 11) is 5.45. The Bertz CT molecular complexity index is 60.0. The van der Waals surface area contributed by atoms with Crippen molar-refractivity contribution in [3.8, 4) is 0 Å². The Morgan fingerprint density at radius 1 is 1.71 bits per heavy atom. The summed E-state index contributed by atoms with van der Waals surface area (Å²) in [5, 5.41) is 1.76. The molecule has 0 aromatic carbocycles. The summed E-state index contributed by atoms with van der Waals surface area (Å²) in [6, 6.07) is 0. The van der Waals surface area contributed by atoms with Crippen molar-refractivity contribution in [1.82, 2.24) is 10.4 Å². The van der Waals surface area contributed by atoms with Crippen LogP contribution in [0.4, 0.5) is 0 Å². The summed E-state index contributed by atoms with van der Waals surface area (Å²) < 4.78 is 0. The lowest BCUT2D eigenvalue weighted by molar-refractivity contribution is 0.421. The lowest BCUT2D eigenvalue weighted by Gasteiger charge is -2.07. The molecule has 0 unspecified atom stereocenters. The molecule has 0 saturated carbocycles. The molecule has 0 spiro atoms. The van der Waals surface area contributed by atoms with Gasteiger partial charge in [-0.25, -0.2) is 5.43 Å². The SMILES string of the molecule is CN=CN(C)NC. The van der Waals surface area contributed by atoms with E-state index in [-0.39, 0.29) is 0 Å². The molecular weight excluding hydrogens is 90.1 g/mol. The van der Waals surface area contributed by atoms with Gasteiger partial charge in [0.1, 0.15) is 0 Å². The Labute approximate surface area is 44.0 Å². The van der Waals surface area contributed by atoms with E-state index in [1.807, 2.05) is 14.1 Å². The largest absolute Gasteiger partial charge is 0.302 e. The van der Waals surface area contributed by atoms with E-state index in [2.05, 4.69) is 10.4 Å². The highest BCUT2D eigenvalue weighted by Gasteiger charge is 1.75. The summed E-state index contributed by atoms with van der Waals surface area (Å²) in [6.45, 7) is 0. The molecule has 0 aliphatic heterocycles. The summed E-state index contributed by atoms with van der Waals surface area (Å²) in [6.07, 6.45) is 1.69. The highest BCUT2D eigenvalue weighted by atomic mass is 15.5. The van der Waals surface area contributed by atoms with Gasteiger partial charge >= 0.3 is 0 Å². The van der Waals surface area contributed by atoms with E-state index in [1.54, 1.807) is 18.4 Å². The molecular formula is C4H11N3. The Morgan fingerprint density at radius 3 is 2.43 bits per heavy atom. The third-order valence-electron chi connectivity index (χ3n) is 0.641. The molecule has 0 aliphatic carbocycles. The highest BCUT2D eigenvalue weighted by Crippen LogP contribution is 1.59. The number of nitrogens with zero attached hydrogens (tertiary/aromatic N) is 2. The molecule has 0 heterocycles. The molecule has 3 heteroatoms. The van der Waals surface area contributed by atoms with E-state index in [4.69, 9.17) is 0 Å². The topological polar surface area (TPSA) is 27.6 Å². The Balaban J connectivity index is 3.16. The fourth-order valence-corrected chi connectivity index (χ4v) is 0.231. The molecule has 0 aromatic rings. The Morgan fingerprint density at radius 2 is 2.29 bits per heavy atom. The first-order chi connectivity index (χ1) is 3.31. The number of hydrogen-bond donors (Lipinski definition) is 1. The average molecular weight is 101 g/mol. The van der Waals surface area contributed by atoms with Crippen LogP contribution in [-0.2, 0) is 0 Å². The van der Waals surface area contributed by atoms with E-state index in [9.17, 15) is 0 Å². The van der Waals surface area contributed by atoms with Crippen molar-refractivity contribution in [3.63, 3.8) is 0 Å². The fourth-order valence-electron chi connectivity index (χ4n) is 0.231. The van der Waals surface area contributed by atoms with Gasteiger partial charge in [0, 0.05) is 21.1 Å². The molecule has 0 amide bonds. The second-order valence-corrected chi connectivity index (χ2v) is 1.21. The van der Waals surface area contributed by atoms with Crippen molar-refractivity contribution in [2.24, 2.45) is 4.99 Å². The zero-order chi connectivity index (χ0) is 5.70. The summed E-state index contributed by atoms with van der Waals surface area (Å²) in [4.78, 5) is 3.74. The Hall–Kier alpha value is -0.570. The second kappa shape index (κ2) is 3.61. The van der Waals surface area contributed by atoms with E-state index in [1.165, 1.54) is 0 Å². The van der Waals surface area contributed by atoms with Crippen LogP contribution in [0.15, 0.2) is 4.99 Å². The van der Waals surface area contributed by atoms with Gasteiger partial charge in [0.2, 0.25) is 0 Å². The van der Waals surface area contributed by atoms with Crippen molar-refractivity contribution in [3.05, 3.63) is 0 Å². The Kier molecular flexibility index (Phi) is 3.32. The van der Waals surface area contributed by atoms with Crippen molar-refractivity contribution < 1.29 is 0 Å². The molecule has 0 fully saturated rings. The van der Waals surface area contributed by atoms with Crippen LogP contribution in [-0.4, -0.2) is 32.5 Å². The van der Waals surface area contributed by atoms with Crippen LogP contribution < -0.4 is 5.43 Å². The molecule has 42 valence electrons. The zero-order valence-electron chi connectivity index (χ0n) is 4.97. The minimum absolute atomic E-state index is 1.69. The van der Waals surface area contributed by atoms with Gasteiger partial charge in [-0.15, -0.1) is 0 Å². The fraction of sp³-hybridized carbons (Fsp3) is 0.750. The van der Waals surface area contributed by atoms with Crippen molar-refractivity contribution in [2.45, 2.75) is 0 Å². The zero-order valence-corrected chi connectivity index (χ0v) is 4.97. The van der Waals surface area contributed by atoms with E-state index in [0.29, 0.717) is 0 Å². The molecule has 1 N–H and O–H groups in total. The standard InChI is InChI=1S/C4H11N3/c1-5-4-7(3)6-2/h4,6H,1-3H3. The van der Waals surface area contributed by atoms with E-state index in [0.717, 1.165) is 0 Å². The van der Waals surface area contributed by atoms with Gasteiger partial charge in [0.15, 0.2) is 0 Å². The predicted octanol–water partition coefficient (Wildman–Crippen LogP) is -0.289. The average Bonchev–Trinajstić information content (AvgIpc) is 1.68. The van der Waals surface area contributed by atoms with Gasteiger partial charge in [0.05, 0.1) is 6.34 Å². The number of hydrogen-bond acceptors (Lipinski definition) is 2. The van der Waals surface area contributed by atoms with Gasteiger partial charge in [-0.3, -0.25) is 4.99 Å². The molecule has 0 aliphatic rings. The summed E-state index contributed by atoms with van der Waals surface area (Å²) >= 11 is 0. The van der Waals surface area contributed by atoms with Crippen LogP contribution in [0.25, 0.3) is 0 Å². The maximum atomic E-state index is 3.74. The molecule has 7 heavy (non-hydrogen) atoms. The third-order valence-corrected chi connectivity index (χ3v) is 0.641. The first kappa shape index (κ1) is 6.43. The number of hydrazine groups is 1. The minimum atomic E-state index is 1.69. The lowest BCUT2D eigenvalue weighted by atomic mass is 11.0. The molecule has 0 rings (SSSR count). The second-order valence-electron chi connectivity index (χ2n) is 1.21. The van der Waals surface area contributed by atoms with Gasteiger partial charge in [-0.1, -0.05) is 0 Å². The first-order valence-electron chi connectivity index (χ1n) is 2.13. The van der Waals surface area contributed by atoms with Crippen molar-refractivity contribution >= 4 is 6.34 Å². The lowest BCUT2D eigenvalue weighted by Crippen LogP contribution is -2.28. The maximum absolute atomic E-state index is 3.74. The summed E-state index contributed by atoms with van der Waals surface area (Å²) in [5.74, 6) is 0. The van der Waals surface area contributed by atoms with Crippen LogP contribution in [0, 0.1) is 0 Å². The van der Waals surface area contributed by atoms with Crippen LogP contribution in [0.5, 0.6) is 0 Å². The van der Waals surface area contributed by atoms with Crippen molar-refractivity contribution in [1.29, 1.82) is 0 Å². The molecule has 0 saturated heterocycles. The van der Waals surface area contributed by atoms with Gasteiger partial charge in [0.25, 0.3) is 0 Å². The third kappa shape index (κ3) is 3.26. The normalized spacial score (nSPS) is 10.1. The quantitative estimate of drug-likeness (QED) is 0.294. The molecule has 0 aromatic heterocycles. The van der Waals surface area contributed by atoms with Crippen LogP contribution in [0.3, 0.4) is 0 Å².